The van der Waals surface area contributed by atoms with Gasteiger partial charge in [0, 0.05) is 0 Å². The maximum atomic E-state index is 12.0. The number of aliphatic carboxylic acids is 1. The molecule has 1 atom stereocenters. The van der Waals surface area contributed by atoms with Crippen LogP contribution in [0.15, 0.2) is 24.3 Å². The first-order valence-electron chi connectivity index (χ1n) is 7.54. The molecule has 0 bridgehead atoms. The number of nitrogens with one attached hydrogen (secondary N) is 1. The van der Waals surface area contributed by atoms with Crippen LogP contribution in [0.3, 0.4) is 0 Å². The zero-order valence-corrected chi connectivity index (χ0v) is 12.3. The molecule has 1 unspecified atom stereocenters. The number of hydrogen-bond acceptors (Lipinski definition) is 2. The molecule has 0 spiro atoms. The van der Waals surface area contributed by atoms with Gasteiger partial charge in [-0.25, -0.2) is 4.79 Å². The summed E-state index contributed by atoms with van der Waals surface area (Å²) in [7, 11) is 0. The summed E-state index contributed by atoms with van der Waals surface area (Å²) in [5.41, 5.74) is 1.30. The number of hydrogen-bond donors (Lipinski definition) is 2. The summed E-state index contributed by atoms with van der Waals surface area (Å²) in [4.78, 5) is 12.0. The van der Waals surface area contributed by atoms with Crippen molar-refractivity contribution in [3.05, 3.63) is 35.4 Å². The lowest BCUT2D eigenvalue weighted by molar-refractivity contribution is -0.146. The third kappa shape index (κ3) is 2.14. The lowest BCUT2D eigenvalue weighted by Gasteiger charge is -2.43. The molecule has 1 aromatic carbocycles. The van der Waals surface area contributed by atoms with Crippen molar-refractivity contribution in [2.24, 2.45) is 5.92 Å². The maximum Gasteiger partial charge on any atom is 0.328 e. The van der Waals surface area contributed by atoms with E-state index in [0.717, 1.165) is 18.5 Å². The van der Waals surface area contributed by atoms with Gasteiger partial charge in [0.1, 0.15) is 5.54 Å². The fourth-order valence-electron chi connectivity index (χ4n) is 3.34. The summed E-state index contributed by atoms with van der Waals surface area (Å²) in [6.45, 7) is 5.23. The number of rotatable bonds is 4. The molecule has 0 radical (unpaired) electrons. The molecule has 3 nitrogen and oxygen atoms in total. The van der Waals surface area contributed by atoms with E-state index in [9.17, 15) is 9.90 Å². The lowest BCUT2D eigenvalue weighted by Crippen LogP contribution is -2.54. The molecule has 0 saturated heterocycles. The Hall–Kier alpha value is -1.35. The minimum absolute atomic E-state index is 0.0524. The quantitative estimate of drug-likeness (QED) is 0.886. The predicted octanol–water partition coefficient (Wildman–Crippen LogP) is 3.04. The number of fused-ring (bicyclic) bond motifs is 1. The first-order valence-corrected chi connectivity index (χ1v) is 7.54. The van der Waals surface area contributed by atoms with Crippen molar-refractivity contribution in [3.63, 3.8) is 0 Å². The highest BCUT2D eigenvalue weighted by molar-refractivity contribution is 5.82. The van der Waals surface area contributed by atoms with Gasteiger partial charge in [0.25, 0.3) is 0 Å². The van der Waals surface area contributed by atoms with Crippen molar-refractivity contribution in [3.8, 4) is 0 Å². The van der Waals surface area contributed by atoms with E-state index in [1.807, 2.05) is 18.2 Å². The van der Waals surface area contributed by atoms with Crippen LogP contribution >= 0.6 is 0 Å². The zero-order chi connectivity index (χ0) is 14.4. The molecule has 20 heavy (non-hydrogen) atoms. The maximum absolute atomic E-state index is 12.0. The predicted molar refractivity (Wildman–Crippen MR) is 78.7 cm³/mol. The van der Waals surface area contributed by atoms with Gasteiger partial charge < -0.3 is 5.11 Å². The molecule has 1 fully saturated rings. The van der Waals surface area contributed by atoms with Gasteiger partial charge in [-0.1, -0.05) is 38.1 Å². The van der Waals surface area contributed by atoms with Crippen molar-refractivity contribution < 1.29 is 9.90 Å². The molecule has 3 heteroatoms. The fraction of sp³-hybridized carbons (Fsp3) is 0.588. The van der Waals surface area contributed by atoms with Gasteiger partial charge in [0.15, 0.2) is 0 Å². The van der Waals surface area contributed by atoms with Crippen molar-refractivity contribution >= 4 is 5.97 Å². The van der Waals surface area contributed by atoms with Crippen molar-refractivity contribution in [1.29, 1.82) is 0 Å². The highest BCUT2D eigenvalue weighted by atomic mass is 16.4. The number of benzene rings is 1. The molecule has 0 aliphatic heterocycles. The SMILES string of the molecule is CC1(C)CCC(NCC2CC2)(C(=O)O)c2ccccc21. The van der Waals surface area contributed by atoms with Crippen molar-refractivity contribution in [2.75, 3.05) is 6.54 Å². The smallest absolute Gasteiger partial charge is 0.328 e. The molecular formula is C17H23NO2. The first kappa shape index (κ1) is 13.6. The standard InChI is InChI=1S/C17H23NO2/c1-16(2)9-10-17(15(19)20,18-11-12-7-8-12)14-6-4-3-5-13(14)16/h3-6,12,18H,7-11H2,1-2H3,(H,19,20). The van der Waals surface area contributed by atoms with E-state index in [2.05, 4.69) is 25.2 Å². The van der Waals surface area contributed by atoms with Crippen molar-refractivity contribution in [2.45, 2.75) is 50.5 Å². The second-order valence-electron chi connectivity index (χ2n) is 6.96. The van der Waals surface area contributed by atoms with E-state index >= 15 is 0 Å². The molecule has 1 aromatic rings. The Labute approximate surface area is 120 Å². The number of carboxylic acids is 1. The molecule has 2 N–H and O–H groups in total. The Morgan fingerprint density at radius 2 is 1.90 bits per heavy atom. The summed E-state index contributed by atoms with van der Waals surface area (Å²) in [5.74, 6) is -0.0607. The van der Waals surface area contributed by atoms with Gasteiger partial charge in [-0.05, 0) is 54.7 Å². The largest absolute Gasteiger partial charge is 0.480 e. The van der Waals surface area contributed by atoms with Crippen LogP contribution < -0.4 is 5.32 Å². The molecule has 0 amide bonds. The van der Waals surface area contributed by atoms with Crippen LogP contribution in [-0.2, 0) is 15.7 Å². The Bertz CT molecular complexity index is 534. The van der Waals surface area contributed by atoms with E-state index in [4.69, 9.17) is 0 Å². The van der Waals surface area contributed by atoms with Crippen LogP contribution in [0.25, 0.3) is 0 Å². The molecule has 1 saturated carbocycles. The topological polar surface area (TPSA) is 49.3 Å². The van der Waals surface area contributed by atoms with Crippen LogP contribution in [0, 0.1) is 5.92 Å². The van der Waals surface area contributed by atoms with Crippen LogP contribution in [0.2, 0.25) is 0 Å². The van der Waals surface area contributed by atoms with Gasteiger partial charge in [-0.2, -0.15) is 0 Å². The molecular weight excluding hydrogens is 250 g/mol. The summed E-state index contributed by atoms with van der Waals surface area (Å²) in [6.07, 6.45) is 4.03. The number of carboxylic acid groups (broad SMARTS) is 1. The van der Waals surface area contributed by atoms with Gasteiger partial charge in [0.2, 0.25) is 0 Å². The Morgan fingerprint density at radius 3 is 2.50 bits per heavy atom. The first-order chi connectivity index (χ1) is 9.46. The molecule has 2 aliphatic carbocycles. The Kier molecular flexibility index (Phi) is 3.13. The normalized spacial score (nSPS) is 27.9. The van der Waals surface area contributed by atoms with Crippen LogP contribution in [0.4, 0.5) is 0 Å². The second kappa shape index (κ2) is 4.59. The molecule has 0 heterocycles. The third-order valence-corrected chi connectivity index (χ3v) is 5.00. The minimum Gasteiger partial charge on any atom is -0.480 e. The van der Waals surface area contributed by atoms with E-state index < -0.39 is 11.5 Å². The summed E-state index contributed by atoms with van der Waals surface area (Å²) < 4.78 is 0. The monoisotopic (exact) mass is 273 g/mol. The fourth-order valence-corrected chi connectivity index (χ4v) is 3.34. The van der Waals surface area contributed by atoms with E-state index in [-0.39, 0.29) is 5.41 Å². The summed E-state index contributed by atoms with van der Waals surface area (Å²) >= 11 is 0. The van der Waals surface area contributed by atoms with E-state index in [0.29, 0.717) is 12.3 Å². The van der Waals surface area contributed by atoms with Crippen LogP contribution in [-0.4, -0.2) is 17.6 Å². The highest BCUT2D eigenvalue weighted by Crippen LogP contribution is 2.45. The molecule has 0 aromatic heterocycles. The number of carbonyl (C=O) groups is 1. The Balaban J connectivity index is 2.03. The molecule has 2 aliphatic rings. The molecule has 3 rings (SSSR count). The zero-order valence-electron chi connectivity index (χ0n) is 12.3. The van der Waals surface area contributed by atoms with Gasteiger partial charge in [0.05, 0.1) is 0 Å². The Morgan fingerprint density at radius 1 is 1.25 bits per heavy atom. The summed E-state index contributed by atoms with van der Waals surface area (Å²) in [5, 5.41) is 13.3. The van der Waals surface area contributed by atoms with E-state index in [1.54, 1.807) is 0 Å². The van der Waals surface area contributed by atoms with Crippen LogP contribution in [0.1, 0.15) is 50.7 Å². The summed E-state index contributed by atoms with van der Waals surface area (Å²) in [6, 6.07) is 8.05. The molecule has 108 valence electrons. The third-order valence-electron chi connectivity index (χ3n) is 5.00. The second-order valence-corrected chi connectivity index (χ2v) is 6.96. The van der Waals surface area contributed by atoms with E-state index in [1.165, 1.54) is 18.4 Å². The van der Waals surface area contributed by atoms with Gasteiger partial charge in [-0.15, -0.1) is 0 Å². The van der Waals surface area contributed by atoms with Crippen LogP contribution in [0.5, 0.6) is 0 Å². The van der Waals surface area contributed by atoms with Crippen molar-refractivity contribution in [1.82, 2.24) is 5.32 Å². The minimum atomic E-state index is -0.894. The lowest BCUT2D eigenvalue weighted by atomic mass is 9.65. The average molecular weight is 273 g/mol. The van der Waals surface area contributed by atoms with Gasteiger partial charge in [-0.3, -0.25) is 5.32 Å². The van der Waals surface area contributed by atoms with Gasteiger partial charge >= 0.3 is 5.97 Å². The highest BCUT2D eigenvalue weighted by Gasteiger charge is 2.48. The average Bonchev–Trinajstić information content (AvgIpc) is 3.22.